The third-order valence-corrected chi connectivity index (χ3v) is 13.8. The molecule has 332 valence electrons. The molecule has 1 aliphatic heterocycles. The van der Waals surface area contributed by atoms with Gasteiger partial charge in [-0.1, -0.05) is 30.3 Å². The Hall–Kier alpha value is -2.84. The fourth-order valence-corrected chi connectivity index (χ4v) is 10.6. The number of methoxy groups -OCH3 is 1. The van der Waals surface area contributed by atoms with Gasteiger partial charge in [0.25, 0.3) is 14.1 Å². The van der Waals surface area contributed by atoms with Crippen LogP contribution in [0, 0.1) is 13.5 Å². The van der Waals surface area contributed by atoms with E-state index in [2.05, 4.69) is 4.85 Å². The fourth-order valence-electron chi connectivity index (χ4n) is 6.61. The third kappa shape index (κ3) is 14.1. The van der Waals surface area contributed by atoms with Crippen molar-refractivity contribution in [1.29, 1.82) is 0 Å². The smallest absolute Gasteiger partial charge is 0.337 e. The summed E-state index contributed by atoms with van der Waals surface area (Å²) in [5.41, 5.74) is -1.43. The Balaban J connectivity index is 2.32. The maximum absolute atomic E-state index is 14.8. The van der Waals surface area contributed by atoms with Crippen LogP contribution in [0.1, 0.15) is 86.6 Å². The summed E-state index contributed by atoms with van der Waals surface area (Å²) in [5, 5.41) is 0. The summed E-state index contributed by atoms with van der Waals surface area (Å²) >= 11 is 0. The van der Waals surface area contributed by atoms with Gasteiger partial charge in [-0.05, 0) is 74.8 Å². The van der Waals surface area contributed by atoms with Gasteiger partial charge in [0.05, 0.1) is 37.7 Å². The minimum absolute atomic E-state index is 0.00888. The van der Waals surface area contributed by atoms with Crippen LogP contribution < -0.4 is 11.2 Å². The largest absolute Gasteiger partial charge is 0.459 e. The second-order valence-electron chi connectivity index (χ2n) is 15.3. The second-order valence-corrected chi connectivity index (χ2v) is 19.0. The molecule has 0 N–H and O–H groups in total. The van der Waals surface area contributed by atoms with Crippen molar-refractivity contribution in [1.82, 2.24) is 13.8 Å². The van der Waals surface area contributed by atoms with E-state index < -0.39 is 81.9 Å². The zero-order valence-corrected chi connectivity index (χ0v) is 38.3. The Labute approximate surface area is 349 Å². The van der Waals surface area contributed by atoms with E-state index in [1.54, 1.807) is 41.5 Å². The summed E-state index contributed by atoms with van der Waals surface area (Å²) < 4.78 is 74.8. The number of hydrogen-bond acceptors (Lipinski definition) is 14. The highest BCUT2D eigenvalue weighted by atomic mass is 31.2. The zero-order valence-electron chi connectivity index (χ0n) is 36.5. The van der Waals surface area contributed by atoms with Crippen LogP contribution in [0.3, 0.4) is 0 Å². The van der Waals surface area contributed by atoms with Crippen LogP contribution in [-0.2, 0) is 64.5 Å². The molecule has 0 saturated carbocycles. The molecule has 1 aromatic heterocycles. The van der Waals surface area contributed by atoms with E-state index in [1.807, 2.05) is 62.7 Å². The van der Waals surface area contributed by atoms with Gasteiger partial charge in [0.15, 0.2) is 6.23 Å². The van der Waals surface area contributed by atoms with Gasteiger partial charge >= 0.3 is 19.3 Å². The molecule has 0 radical (unpaired) electrons. The number of carbonyl (C=O) groups excluding carboxylic acids is 1. The van der Waals surface area contributed by atoms with Crippen LogP contribution in [0.4, 0.5) is 0 Å². The lowest BCUT2D eigenvalue weighted by atomic mass is 10.0. The maximum atomic E-state index is 14.8. The van der Waals surface area contributed by atoms with Gasteiger partial charge in [0.2, 0.25) is 6.54 Å². The quantitative estimate of drug-likeness (QED) is 0.0462. The summed E-state index contributed by atoms with van der Waals surface area (Å²) in [5.74, 6) is -0.719. The molecule has 3 rings (SSSR count). The minimum Gasteiger partial charge on any atom is -0.459 e. The first kappa shape index (κ1) is 50.5. The van der Waals surface area contributed by atoms with Crippen molar-refractivity contribution in [3.05, 3.63) is 79.9 Å². The molecule has 1 aliphatic rings. The molecule has 19 heteroatoms. The minimum atomic E-state index is -4.10. The Bertz CT molecular complexity index is 1800. The number of hydrogen-bond donors (Lipinski definition) is 0. The number of nitrogens with zero attached hydrogens (tertiary/aromatic N) is 4. The Kier molecular flexibility index (Phi) is 20.5. The molecule has 1 fully saturated rings. The second kappa shape index (κ2) is 24.0. The molecule has 59 heavy (non-hydrogen) atoms. The number of rotatable bonds is 25. The van der Waals surface area contributed by atoms with Crippen LogP contribution in [0.25, 0.3) is 4.85 Å². The first-order chi connectivity index (χ1) is 27.9. The van der Waals surface area contributed by atoms with Crippen molar-refractivity contribution in [2.45, 2.75) is 150 Å². The van der Waals surface area contributed by atoms with Crippen molar-refractivity contribution in [2.24, 2.45) is 0 Å². The van der Waals surface area contributed by atoms with Gasteiger partial charge in [-0.15, -0.1) is 0 Å². The van der Waals surface area contributed by atoms with Gasteiger partial charge in [-0.3, -0.25) is 18.7 Å². The summed E-state index contributed by atoms with van der Waals surface area (Å²) in [4.78, 5) is 44.4. The first-order valence-electron chi connectivity index (χ1n) is 19.9. The van der Waals surface area contributed by atoms with E-state index in [9.17, 15) is 18.9 Å². The number of esters is 1. The van der Waals surface area contributed by atoms with E-state index in [0.717, 1.165) is 10.1 Å². The highest BCUT2D eigenvalue weighted by molar-refractivity contribution is 7.54. The standard InChI is InChI=1S/C40H64N4O13P2/c1-26(2)44(27(3)4)58(52-20-19-41-12)55-36-35(34(53-32(11)45)31(10)59(48,56-28(5)6)57-29(7)8)54-39(37(36)51-22-21-49-13)42-23-30(9)38(46)43(40(42)47)25-50-24-33-17-15-14-16-18-33/h14-18,23,26-29,31,34-37,39H,19-22,24-25H2,1-11,13H3/t31-,34-,35-,36-,37-,39-,58?/m1/s1. The monoisotopic (exact) mass is 870 g/mol. The van der Waals surface area contributed by atoms with E-state index in [0.29, 0.717) is 0 Å². The topological polar surface area (TPSA) is 169 Å². The summed E-state index contributed by atoms with van der Waals surface area (Å²) in [6.07, 6.45) is -6.06. The van der Waals surface area contributed by atoms with Crippen LogP contribution in [0.15, 0.2) is 46.1 Å². The van der Waals surface area contributed by atoms with Gasteiger partial charge < -0.3 is 46.6 Å². The van der Waals surface area contributed by atoms with Crippen molar-refractivity contribution < 1.29 is 51.1 Å². The molecule has 2 heterocycles. The lowest BCUT2D eigenvalue weighted by molar-refractivity contribution is -0.159. The Morgan fingerprint density at radius 1 is 0.966 bits per heavy atom. The predicted molar refractivity (Wildman–Crippen MR) is 223 cm³/mol. The van der Waals surface area contributed by atoms with Crippen LogP contribution in [0.5, 0.6) is 0 Å². The molecule has 0 spiro atoms. The van der Waals surface area contributed by atoms with Crippen molar-refractivity contribution in [3.63, 3.8) is 0 Å². The Morgan fingerprint density at radius 2 is 1.59 bits per heavy atom. The first-order valence-corrected chi connectivity index (χ1v) is 22.7. The van der Waals surface area contributed by atoms with Crippen LogP contribution in [-0.4, -0.2) is 108 Å². The van der Waals surface area contributed by atoms with Crippen LogP contribution in [0.2, 0.25) is 0 Å². The predicted octanol–water partition coefficient (Wildman–Crippen LogP) is 6.45. The summed E-state index contributed by atoms with van der Waals surface area (Å²) in [6.45, 7) is 26.5. The number of aryl methyl sites for hydroxylation is 1. The average molecular weight is 871 g/mol. The number of carbonyl (C=O) groups is 1. The molecular formula is C40H64N4O13P2. The highest BCUT2D eigenvalue weighted by Gasteiger charge is 2.57. The van der Waals surface area contributed by atoms with E-state index in [1.165, 1.54) is 24.8 Å². The van der Waals surface area contributed by atoms with Gasteiger partial charge in [-0.25, -0.2) is 20.6 Å². The van der Waals surface area contributed by atoms with Gasteiger partial charge in [-0.2, -0.15) is 0 Å². The third-order valence-electron chi connectivity index (χ3n) is 8.98. The van der Waals surface area contributed by atoms with Crippen molar-refractivity contribution >= 4 is 22.1 Å². The molecule has 0 amide bonds. The Morgan fingerprint density at radius 3 is 2.14 bits per heavy atom. The number of benzene rings is 1. The maximum Gasteiger partial charge on any atom is 0.337 e. The molecule has 1 unspecified atom stereocenters. The molecule has 17 nitrogen and oxygen atoms in total. The van der Waals surface area contributed by atoms with E-state index in [4.69, 9.17) is 48.4 Å². The van der Waals surface area contributed by atoms with E-state index >= 15 is 0 Å². The van der Waals surface area contributed by atoms with Gasteiger partial charge in [0, 0.05) is 37.9 Å². The van der Waals surface area contributed by atoms with Crippen molar-refractivity contribution in [2.75, 3.05) is 33.5 Å². The summed E-state index contributed by atoms with van der Waals surface area (Å²) in [6, 6.07) is 9.10. The molecule has 0 bridgehead atoms. The molecule has 1 saturated heterocycles. The van der Waals surface area contributed by atoms with E-state index in [-0.39, 0.29) is 57.4 Å². The lowest BCUT2D eigenvalue weighted by Crippen LogP contribution is -2.49. The molecule has 7 atom stereocenters. The normalized spacial score (nSPS) is 20.1. The zero-order chi connectivity index (χ0) is 44.0. The highest BCUT2D eigenvalue weighted by Crippen LogP contribution is 2.59. The molecule has 2 aromatic rings. The average Bonchev–Trinajstić information content (AvgIpc) is 3.49. The molecule has 1 aromatic carbocycles. The number of aromatic nitrogens is 2. The summed E-state index contributed by atoms with van der Waals surface area (Å²) in [7, 11) is -4.59. The fraction of sp³-hybridized carbons (Fsp3) is 0.700. The SMILES string of the molecule is [C-]#[N+]CCOP(O[C@@H]1[C@@H]([C@H](OC(C)=O)[C@@H](C)P(=O)(OC(C)C)OC(C)C)O[C@@H](n2cc(C)c(=O)n(COCc3ccccc3)c2=O)[C@@H]1OCCOC)N(C(C)C)C(C)C. The van der Waals surface area contributed by atoms with Crippen molar-refractivity contribution in [3.8, 4) is 0 Å². The van der Waals surface area contributed by atoms with Crippen LogP contribution >= 0.6 is 16.1 Å². The lowest BCUT2D eigenvalue weighted by Gasteiger charge is -2.40. The molecule has 0 aliphatic carbocycles. The van der Waals surface area contributed by atoms with Gasteiger partial charge in [0.1, 0.15) is 37.8 Å². The number of ether oxygens (including phenoxy) is 5. The molecular weight excluding hydrogens is 806 g/mol.